The minimum absolute atomic E-state index is 0.155. The summed E-state index contributed by atoms with van der Waals surface area (Å²) in [5.74, 6) is 0. The van der Waals surface area contributed by atoms with Gasteiger partial charge in [-0.1, -0.05) is 43.7 Å². The summed E-state index contributed by atoms with van der Waals surface area (Å²) in [6, 6.07) is 8.99. The van der Waals surface area contributed by atoms with E-state index in [1.165, 1.54) is 11.1 Å². The van der Waals surface area contributed by atoms with E-state index in [4.69, 9.17) is 4.74 Å². The first kappa shape index (κ1) is 16.2. The lowest BCUT2D eigenvalue weighted by Gasteiger charge is -2.38. The topological polar surface area (TPSA) is 21.3 Å². The largest absolute Gasteiger partial charge is 0.374 e. The van der Waals surface area contributed by atoms with Crippen LogP contribution in [-0.2, 0) is 4.74 Å². The Kier molecular flexibility index (Phi) is 6.53. The van der Waals surface area contributed by atoms with Crippen LogP contribution in [0.2, 0.25) is 0 Å². The Bertz CT molecular complexity index is 377. The molecular weight excluding hydrogens is 234 g/mol. The maximum absolute atomic E-state index is 6.07. The average Bonchev–Trinajstić information content (AvgIpc) is 2.39. The van der Waals surface area contributed by atoms with Crippen LogP contribution in [0, 0.1) is 6.92 Å². The molecule has 0 radical (unpaired) electrons. The summed E-state index contributed by atoms with van der Waals surface area (Å²) < 4.78 is 6.07. The van der Waals surface area contributed by atoms with Gasteiger partial charge in [-0.25, -0.2) is 0 Å². The van der Waals surface area contributed by atoms with E-state index < -0.39 is 0 Å². The van der Waals surface area contributed by atoms with Crippen LogP contribution in [0.25, 0.3) is 0 Å². The Labute approximate surface area is 118 Å². The molecule has 0 saturated carbocycles. The highest BCUT2D eigenvalue weighted by atomic mass is 16.5. The lowest BCUT2D eigenvalue weighted by atomic mass is 9.87. The zero-order valence-corrected chi connectivity index (χ0v) is 13.1. The fraction of sp³-hybridized carbons (Fsp3) is 0.647. The summed E-state index contributed by atoms with van der Waals surface area (Å²) in [6.45, 7) is 12.6. The van der Waals surface area contributed by atoms with Gasteiger partial charge in [-0.3, -0.25) is 0 Å². The van der Waals surface area contributed by atoms with E-state index in [1.807, 2.05) is 0 Å². The lowest BCUT2D eigenvalue weighted by molar-refractivity contribution is -0.0562. The Morgan fingerprint density at radius 3 is 2.53 bits per heavy atom. The molecule has 0 aromatic heterocycles. The molecule has 0 bridgehead atoms. The molecule has 0 aliphatic carbocycles. The van der Waals surface area contributed by atoms with Gasteiger partial charge in [0.15, 0.2) is 0 Å². The number of rotatable bonds is 8. The van der Waals surface area contributed by atoms with Crippen molar-refractivity contribution in [1.29, 1.82) is 0 Å². The molecule has 0 saturated heterocycles. The minimum atomic E-state index is -0.155. The Balaban J connectivity index is 3.05. The van der Waals surface area contributed by atoms with E-state index in [1.54, 1.807) is 0 Å². The van der Waals surface area contributed by atoms with Gasteiger partial charge in [0.25, 0.3) is 0 Å². The van der Waals surface area contributed by atoms with Gasteiger partial charge >= 0.3 is 0 Å². The number of ether oxygens (including phenoxy) is 1. The molecule has 0 fully saturated rings. The van der Waals surface area contributed by atoms with E-state index in [-0.39, 0.29) is 11.6 Å². The molecule has 1 N–H and O–H groups in total. The molecule has 19 heavy (non-hydrogen) atoms. The molecular formula is C17H29NO. The predicted molar refractivity (Wildman–Crippen MR) is 82.5 cm³/mol. The predicted octanol–water partition coefficient (Wildman–Crippen LogP) is 4.24. The molecule has 1 aromatic carbocycles. The van der Waals surface area contributed by atoms with Crippen molar-refractivity contribution in [3.8, 4) is 0 Å². The van der Waals surface area contributed by atoms with Gasteiger partial charge in [-0.2, -0.15) is 0 Å². The Morgan fingerprint density at radius 1 is 1.26 bits per heavy atom. The highest BCUT2D eigenvalue weighted by Gasteiger charge is 2.34. The zero-order valence-electron chi connectivity index (χ0n) is 13.1. The molecule has 0 aliphatic heterocycles. The van der Waals surface area contributed by atoms with Gasteiger partial charge in [-0.05, 0) is 45.7 Å². The first-order chi connectivity index (χ1) is 9.07. The molecule has 1 rings (SSSR count). The average molecular weight is 263 g/mol. The quantitative estimate of drug-likeness (QED) is 0.757. The van der Waals surface area contributed by atoms with Crippen molar-refractivity contribution in [2.75, 3.05) is 13.2 Å². The van der Waals surface area contributed by atoms with E-state index in [9.17, 15) is 0 Å². The van der Waals surface area contributed by atoms with E-state index in [0.717, 1.165) is 26.0 Å². The number of nitrogens with one attached hydrogen (secondary N) is 1. The molecule has 2 atom stereocenters. The van der Waals surface area contributed by atoms with Crippen LogP contribution in [0.15, 0.2) is 24.3 Å². The summed E-state index contributed by atoms with van der Waals surface area (Å²) in [5, 5.41) is 3.66. The molecule has 0 heterocycles. The second-order valence-corrected chi connectivity index (χ2v) is 5.40. The number of aryl methyl sites for hydroxylation is 1. The van der Waals surface area contributed by atoms with Crippen LogP contribution >= 0.6 is 0 Å². The van der Waals surface area contributed by atoms with Crippen molar-refractivity contribution >= 4 is 0 Å². The fourth-order valence-corrected chi connectivity index (χ4v) is 2.54. The van der Waals surface area contributed by atoms with Crippen molar-refractivity contribution in [2.24, 2.45) is 0 Å². The highest BCUT2D eigenvalue weighted by Crippen LogP contribution is 2.32. The van der Waals surface area contributed by atoms with Crippen LogP contribution in [0.5, 0.6) is 0 Å². The maximum Gasteiger partial charge on any atom is 0.0845 e. The fourth-order valence-electron chi connectivity index (χ4n) is 2.54. The smallest absolute Gasteiger partial charge is 0.0845 e. The van der Waals surface area contributed by atoms with E-state index >= 15 is 0 Å². The standard InChI is InChI=1S/C17H29NO/c1-6-12-18-16(17(5,7-2)19-8-3)15-11-9-10-14(4)13-15/h9-11,13,16,18H,6-8,12H2,1-5H3. The van der Waals surface area contributed by atoms with Crippen LogP contribution in [0.4, 0.5) is 0 Å². The molecule has 0 aliphatic rings. The lowest BCUT2D eigenvalue weighted by Crippen LogP contribution is -2.44. The second-order valence-electron chi connectivity index (χ2n) is 5.40. The Morgan fingerprint density at radius 2 is 2.00 bits per heavy atom. The van der Waals surface area contributed by atoms with Crippen LogP contribution in [0.3, 0.4) is 0 Å². The molecule has 0 amide bonds. The van der Waals surface area contributed by atoms with Gasteiger partial charge in [0, 0.05) is 6.61 Å². The molecule has 2 unspecified atom stereocenters. The van der Waals surface area contributed by atoms with Crippen molar-refractivity contribution in [3.05, 3.63) is 35.4 Å². The maximum atomic E-state index is 6.07. The van der Waals surface area contributed by atoms with Crippen molar-refractivity contribution in [2.45, 2.75) is 59.1 Å². The molecule has 2 nitrogen and oxygen atoms in total. The molecule has 108 valence electrons. The SMILES string of the molecule is CCCNC(c1cccc(C)c1)C(C)(CC)OCC. The summed E-state index contributed by atoms with van der Waals surface area (Å²) in [6.07, 6.45) is 2.13. The number of hydrogen-bond donors (Lipinski definition) is 1. The third kappa shape index (κ3) is 4.32. The summed E-state index contributed by atoms with van der Waals surface area (Å²) in [5.41, 5.74) is 2.47. The molecule has 1 aromatic rings. The zero-order chi connectivity index (χ0) is 14.3. The van der Waals surface area contributed by atoms with E-state index in [2.05, 4.69) is 64.2 Å². The van der Waals surface area contributed by atoms with Crippen molar-refractivity contribution < 1.29 is 4.74 Å². The molecule has 2 heteroatoms. The van der Waals surface area contributed by atoms with Gasteiger partial charge in [0.1, 0.15) is 0 Å². The highest BCUT2D eigenvalue weighted by molar-refractivity contribution is 5.27. The first-order valence-corrected chi connectivity index (χ1v) is 7.51. The summed E-state index contributed by atoms with van der Waals surface area (Å²) >= 11 is 0. The van der Waals surface area contributed by atoms with Gasteiger partial charge < -0.3 is 10.1 Å². The van der Waals surface area contributed by atoms with Crippen molar-refractivity contribution in [3.63, 3.8) is 0 Å². The number of benzene rings is 1. The van der Waals surface area contributed by atoms with E-state index in [0.29, 0.717) is 0 Å². The first-order valence-electron chi connectivity index (χ1n) is 7.51. The van der Waals surface area contributed by atoms with Crippen LogP contribution < -0.4 is 5.32 Å². The third-order valence-electron chi connectivity index (χ3n) is 3.76. The van der Waals surface area contributed by atoms with Gasteiger partial charge in [-0.15, -0.1) is 0 Å². The minimum Gasteiger partial charge on any atom is -0.374 e. The summed E-state index contributed by atoms with van der Waals surface area (Å²) in [4.78, 5) is 0. The van der Waals surface area contributed by atoms with Gasteiger partial charge in [0.05, 0.1) is 11.6 Å². The van der Waals surface area contributed by atoms with Crippen LogP contribution in [0.1, 0.15) is 57.7 Å². The van der Waals surface area contributed by atoms with Gasteiger partial charge in [0.2, 0.25) is 0 Å². The second kappa shape index (κ2) is 7.66. The third-order valence-corrected chi connectivity index (χ3v) is 3.76. The number of hydrogen-bond acceptors (Lipinski definition) is 2. The monoisotopic (exact) mass is 263 g/mol. The normalized spacial score (nSPS) is 16.1. The summed E-state index contributed by atoms with van der Waals surface area (Å²) in [7, 11) is 0. The van der Waals surface area contributed by atoms with Crippen molar-refractivity contribution in [1.82, 2.24) is 5.32 Å². The Hall–Kier alpha value is -0.860. The van der Waals surface area contributed by atoms with Crippen LogP contribution in [-0.4, -0.2) is 18.8 Å². The molecule has 0 spiro atoms.